The highest BCUT2D eigenvalue weighted by atomic mass is 32.1. The summed E-state index contributed by atoms with van der Waals surface area (Å²) in [4.78, 5) is 16.9. The lowest BCUT2D eigenvalue weighted by Gasteiger charge is -2.33. The summed E-state index contributed by atoms with van der Waals surface area (Å²) in [6.45, 7) is 6.45. The number of H-pyrrole nitrogens is 1. The van der Waals surface area contributed by atoms with E-state index in [4.69, 9.17) is 17.0 Å². The Morgan fingerprint density at radius 2 is 2.55 bits per heavy atom. The molecule has 0 radical (unpaired) electrons. The molecule has 0 bridgehead atoms. The summed E-state index contributed by atoms with van der Waals surface area (Å²) in [5.74, 6) is 0. The van der Waals surface area contributed by atoms with Crippen molar-refractivity contribution in [1.82, 2.24) is 9.88 Å². The summed E-state index contributed by atoms with van der Waals surface area (Å²) >= 11 is 6.64. The Labute approximate surface area is 127 Å². The summed E-state index contributed by atoms with van der Waals surface area (Å²) in [6, 6.07) is 0.161. The fourth-order valence-electron chi connectivity index (χ4n) is 2.26. The van der Waals surface area contributed by atoms with E-state index in [1.807, 2.05) is 5.38 Å². The van der Waals surface area contributed by atoms with Crippen molar-refractivity contribution in [3.8, 4) is 0 Å². The number of rotatable bonds is 4. The van der Waals surface area contributed by atoms with Crippen LogP contribution in [0.4, 0.5) is 4.79 Å². The van der Waals surface area contributed by atoms with Crippen molar-refractivity contribution in [2.75, 3.05) is 13.2 Å². The number of nitrogens with one attached hydrogen (secondary N) is 1. The number of thiazole rings is 1. The number of hydrogen-bond donors (Lipinski definition) is 1. The van der Waals surface area contributed by atoms with Gasteiger partial charge < -0.3 is 14.6 Å². The minimum absolute atomic E-state index is 0.161. The molecule has 20 heavy (non-hydrogen) atoms. The van der Waals surface area contributed by atoms with E-state index in [0.29, 0.717) is 6.54 Å². The van der Waals surface area contributed by atoms with Crippen LogP contribution in [0.3, 0.4) is 0 Å². The molecular weight excluding hydrogens is 292 g/mol. The highest BCUT2D eigenvalue weighted by Crippen LogP contribution is 2.28. The van der Waals surface area contributed by atoms with E-state index in [9.17, 15) is 4.79 Å². The molecule has 4 nitrogen and oxygen atoms in total. The predicted molar refractivity (Wildman–Crippen MR) is 84.4 cm³/mol. The van der Waals surface area contributed by atoms with E-state index in [2.05, 4.69) is 24.6 Å². The van der Waals surface area contributed by atoms with Gasteiger partial charge in [0.2, 0.25) is 0 Å². The topological polar surface area (TPSA) is 45.3 Å². The van der Waals surface area contributed by atoms with Crippen molar-refractivity contribution in [2.45, 2.75) is 25.8 Å². The van der Waals surface area contributed by atoms with E-state index in [1.54, 1.807) is 11.0 Å². The highest BCUT2D eigenvalue weighted by molar-refractivity contribution is 7.73. The number of nitrogens with zero attached hydrogens (tertiary/aromatic N) is 1. The van der Waals surface area contributed by atoms with Crippen LogP contribution in [0.2, 0.25) is 0 Å². The van der Waals surface area contributed by atoms with Crippen LogP contribution in [0.25, 0.3) is 5.57 Å². The van der Waals surface area contributed by atoms with E-state index in [-0.39, 0.29) is 18.7 Å². The summed E-state index contributed by atoms with van der Waals surface area (Å²) < 4.78 is 5.90. The summed E-state index contributed by atoms with van der Waals surface area (Å²) in [7, 11) is 0. The third-order valence-corrected chi connectivity index (χ3v) is 4.39. The number of amides is 1. The Balaban J connectivity index is 2.12. The smallest absolute Gasteiger partial charge is 0.410 e. The first kappa shape index (κ1) is 15.0. The minimum Gasteiger partial charge on any atom is -0.445 e. The molecule has 6 heteroatoms. The van der Waals surface area contributed by atoms with E-state index in [0.717, 1.165) is 22.5 Å². The average molecular weight is 310 g/mol. The van der Waals surface area contributed by atoms with Gasteiger partial charge in [-0.3, -0.25) is 0 Å². The Morgan fingerprint density at radius 1 is 1.75 bits per heavy atom. The standard InChI is InChI=1S/C14H18N2O2S2/c1-3-7-18-14(17)16-6-5-10(8-11(16)4-2)12-9-20-13(19)15-12/h3,5,9,11H,1,4,6-8H2,2H3,(H,15,19)/t11-/m1/s1. The van der Waals surface area contributed by atoms with Crippen LogP contribution < -0.4 is 0 Å². The molecule has 2 heterocycles. The van der Waals surface area contributed by atoms with Gasteiger partial charge in [0.15, 0.2) is 3.95 Å². The SMILES string of the molecule is C=CCOC(=O)N1CC=C(c2csc(=S)[nH]2)C[C@H]1CC. The average Bonchev–Trinajstić information content (AvgIpc) is 2.90. The molecule has 1 atom stereocenters. The molecule has 1 aliphatic rings. The molecule has 0 aromatic carbocycles. The van der Waals surface area contributed by atoms with E-state index >= 15 is 0 Å². The molecule has 1 amide bonds. The van der Waals surface area contributed by atoms with Crippen LogP contribution in [-0.4, -0.2) is 35.2 Å². The molecule has 0 saturated carbocycles. The van der Waals surface area contributed by atoms with E-state index in [1.165, 1.54) is 16.9 Å². The van der Waals surface area contributed by atoms with E-state index < -0.39 is 0 Å². The largest absolute Gasteiger partial charge is 0.445 e. The second-order valence-electron chi connectivity index (χ2n) is 4.58. The number of ether oxygens (including phenoxy) is 1. The molecule has 0 aliphatic carbocycles. The Kier molecular flexibility index (Phi) is 5.14. The Bertz CT molecular complexity index is 574. The van der Waals surface area contributed by atoms with Gasteiger partial charge in [0.05, 0.1) is 5.69 Å². The zero-order valence-corrected chi connectivity index (χ0v) is 13.1. The summed E-state index contributed by atoms with van der Waals surface area (Å²) in [6.07, 6.45) is 5.09. The van der Waals surface area contributed by atoms with Crippen LogP contribution in [0.1, 0.15) is 25.5 Å². The molecule has 2 rings (SSSR count). The quantitative estimate of drug-likeness (QED) is 0.675. The molecule has 1 aromatic heterocycles. The maximum absolute atomic E-state index is 12.0. The second kappa shape index (κ2) is 6.85. The predicted octanol–water partition coefficient (Wildman–Crippen LogP) is 4.00. The van der Waals surface area contributed by atoms with Crippen molar-refractivity contribution in [2.24, 2.45) is 0 Å². The lowest BCUT2D eigenvalue weighted by atomic mass is 9.97. The molecule has 1 aliphatic heterocycles. The summed E-state index contributed by atoms with van der Waals surface area (Å²) in [5.41, 5.74) is 2.29. The van der Waals surface area contributed by atoms with Crippen LogP contribution in [0.5, 0.6) is 0 Å². The number of hydrogen-bond acceptors (Lipinski definition) is 4. The fourth-order valence-corrected chi connectivity index (χ4v) is 3.12. The normalized spacial score (nSPS) is 18.6. The van der Waals surface area contributed by atoms with Gasteiger partial charge >= 0.3 is 6.09 Å². The van der Waals surface area contributed by atoms with Crippen molar-refractivity contribution < 1.29 is 9.53 Å². The molecule has 1 N–H and O–H groups in total. The van der Waals surface area contributed by atoms with Crippen LogP contribution in [-0.2, 0) is 4.74 Å². The Morgan fingerprint density at radius 3 is 3.15 bits per heavy atom. The molecule has 108 valence electrons. The van der Waals surface area contributed by atoms with Gasteiger partial charge in [0, 0.05) is 18.0 Å². The number of aromatic nitrogens is 1. The second-order valence-corrected chi connectivity index (χ2v) is 6.12. The summed E-state index contributed by atoms with van der Waals surface area (Å²) in [5, 5.41) is 2.03. The number of carbonyl (C=O) groups excluding carboxylic acids is 1. The monoisotopic (exact) mass is 310 g/mol. The van der Waals surface area contributed by atoms with Gasteiger partial charge in [-0.05, 0) is 30.6 Å². The molecule has 0 spiro atoms. The van der Waals surface area contributed by atoms with Crippen molar-refractivity contribution >= 4 is 35.2 Å². The van der Waals surface area contributed by atoms with Crippen LogP contribution >= 0.6 is 23.6 Å². The highest BCUT2D eigenvalue weighted by Gasteiger charge is 2.27. The lowest BCUT2D eigenvalue weighted by molar-refractivity contribution is 0.0979. The van der Waals surface area contributed by atoms with Crippen molar-refractivity contribution in [3.63, 3.8) is 0 Å². The minimum atomic E-state index is -0.273. The van der Waals surface area contributed by atoms with Gasteiger partial charge in [-0.2, -0.15) is 0 Å². The van der Waals surface area contributed by atoms with Crippen LogP contribution in [0, 0.1) is 3.95 Å². The number of aromatic amines is 1. The van der Waals surface area contributed by atoms with Gasteiger partial charge in [-0.1, -0.05) is 25.7 Å². The molecule has 0 fully saturated rings. The van der Waals surface area contributed by atoms with Crippen molar-refractivity contribution in [3.05, 3.63) is 33.8 Å². The fraction of sp³-hybridized carbons (Fsp3) is 0.429. The first-order chi connectivity index (χ1) is 9.65. The molecular formula is C14H18N2O2S2. The third kappa shape index (κ3) is 3.37. The van der Waals surface area contributed by atoms with Gasteiger partial charge in [-0.25, -0.2) is 4.79 Å². The Hall–Kier alpha value is -1.40. The molecule has 0 unspecified atom stereocenters. The molecule has 1 aromatic rings. The lowest BCUT2D eigenvalue weighted by Crippen LogP contribution is -2.42. The zero-order chi connectivity index (χ0) is 14.5. The first-order valence-corrected chi connectivity index (χ1v) is 7.86. The maximum atomic E-state index is 12.0. The van der Waals surface area contributed by atoms with Gasteiger partial charge in [-0.15, -0.1) is 11.3 Å². The molecule has 0 saturated heterocycles. The third-order valence-electron chi connectivity index (χ3n) is 3.33. The number of carbonyl (C=O) groups is 1. The zero-order valence-electron chi connectivity index (χ0n) is 11.4. The maximum Gasteiger partial charge on any atom is 0.410 e. The first-order valence-electron chi connectivity index (χ1n) is 6.57. The van der Waals surface area contributed by atoms with Gasteiger partial charge in [0.1, 0.15) is 6.61 Å². The van der Waals surface area contributed by atoms with Crippen LogP contribution in [0.15, 0.2) is 24.1 Å². The van der Waals surface area contributed by atoms with Crippen molar-refractivity contribution in [1.29, 1.82) is 0 Å². The van der Waals surface area contributed by atoms with Gasteiger partial charge in [0.25, 0.3) is 0 Å².